The van der Waals surface area contributed by atoms with Gasteiger partial charge in [-0.3, -0.25) is 10.1 Å². The number of nitro groups is 1. The molecule has 1 aromatic carbocycles. The number of furan rings is 1. The summed E-state index contributed by atoms with van der Waals surface area (Å²) in [5, 5.41) is 14.7. The summed E-state index contributed by atoms with van der Waals surface area (Å²) in [5.74, 6) is 0.725. The Morgan fingerprint density at radius 3 is 2.55 bits per heavy atom. The molecule has 0 spiro atoms. The third-order valence-corrected chi connectivity index (χ3v) is 2.87. The molecule has 3 rings (SSSR count). The van der Waals surface area contributed by atoms with Crippen molar-refractivity contribution in [2.75, 3.05) is 0 Å². The van der Waals surface area contributed by atoms with E-state index in [2.05, 4.69) is 10.1 Å². The fourth-order valence-electron chi connectivity index (χ4n) is 1.61. The molecule has 2 aromatic heterocycles. The van der Waals surface area contributed by atoms with Gasteiger partial charge in [-0.2, -0.15) is 4.98 Å². The van der Waals surface area contributed by atoms with Gasteiger partial charge in [0.05, 0.1) is 16.2 Å². The van der Waals surface area contributed by atoms with Gasteiger partial charge in [0.25, 0.3) is 11.6 Å². The highest BCUT2D eigenvalue weighted by molar-refractivity contribution is 6.32. The Kier molecular flexibility index (Phi) is 2.96. The summed E-state index contributed by atoms with van der Waals surface area (Å²) in [6.07, 6.45) is 1.41. The molecule has 0 unspecified atom stereocenters. The molecule has 0 saturated carbocycles. The first-order valence-electron chi connectivity index (χ1n) is 5.47. The first kappa shape index (κ1) is 12.4. The zero-order valence-corrected chi connectivity index (χ0v) is 10.6. The first-order valence-corrected chi connectivity index (χ1v) is 5.85. The van der Waals surface area contributed by atoms with Gasteiger partial charge in [0.15, 0.2) is 0 Å². The third kappa shape index (κ3) is 2.14. The molecule has 0 aliphatic rings. The summed E-state index contributed by atoms with van der Waals surface area (Å²) in [4.78, 5) is 14.2. The average molecular weight is 292 g/mol. The topological polar surface area (TPSA) is 95.2 Å². The standard InChI is InChI=1S/C12H6ClN3O4/c13-9-5-6-19-10(9)12-14-11(15-20-12)7-1-3-8(4-2-7)16(17)18/h1-6H. The van der Waals surface area contributed by atoms with Gasteiger partial charge in [-0.05, 0) is 18.2 Å². The lowest BCUT2D eigenvalue weighted by Crippen LogP contribution is -1.87. The van der Waals surface area contributed by atoms with E-state index < -0.39 is 4.92 Å². The van der Waals surface area contributed by atoms with Gasteiger partial charge in [-0.1, -0.05) is 16.8 Å². The number of nitro benzene ring substituents is 1. The molecule has 0 aliphatic carbocycles. The van der Waals surface area contributed by atoms with E-state index in [1.165, 1.54) is 30.5 Å². The van der Waals surface area contributed by atoms with E-state index in [9.17, 15) is 10.1 Å². The van der Waals surface area contributed by atoms with Crippen molar-refractivity contribution in [1.82, 2.24) is 10.1 Å². The number of rotatable bonds is 3. The van der Waals surface area contributed by atoms with Crippen LogP contribution >= 0.6 is 11.6 Å². The lowest BCUT2D eigenvalue weighted by molar-refractivity contribution is -0.384. The predicted octanol–water partition coefficient (Wildman–Crippen LogP) is 3.56. The van der Waals surface area contributed by atoms with Gasteiger partial charge in [0.2, 0.25) is 11.6 Å². The van der Waals surface area contributed by atoms with Crippen molar-refractivity contribution in [3.63, 3.8) is 0 Å². The van der Waals surface area contributed by atoms with Crippen molar-refractivity contribution >= 4 is 17.3 Å². The van der Waals surface area contributed by atoms with Gasteiger partial charge in [-0.15, -0.1) is 0 Å². The molecule has 0 bridgehead atoms. The molecular weight excluding hydrogens is 286 g/mol. The lowest BCUT2D eigenvalue weighted by Gasteiger charge is -1.93. The lowest BCUT2D eigenvalue weighted by atomic mass is 10.2. The Hall–Kier alpha value is -2.67. The smallest absolute Gasteiger partial charge is 0.295 e. The summed E-state index contributed by atoms with van der Waals surface area (Å²) in [6, 6.07) is 7.37. The molecule has 20 heavy (non-hydrogen) atoms. The molecule has 0 aliphatic heterocycles. The fraction of sp³-hybridized carbons (Fsp3) is 0. The Morgan fingerprint density at radius 2 is 1.95 bits per heavy atom. The number of nitrogens with zero attached hydrogens (tertiary/aromatic N) is 3. The fourth-order valence-corrected chi connectivity index (χ4v) is 1.79. The second-order valence-corrected chi connectivity index (χ2v) is 4.23. The second-order valence-electron chi connectivity index (χ2n) is 3.82. The predicted molar refractivity (Wildman–Crippen MR) is 69.1 cm³/mol. The van der Waals surface area contributed by atoms with Crippen LogP contribution in [0.3, 0.4) is 0 Å². The Labute approximate surface area is 116 Å². The molecule has 100 valence electrons. The number of benzene rings is 1. The summed E-state index contributed by atoms with van der Waals surface area (Å²) >= 11 is 5.89. The highest BCUT2D eigenvalue weighted by Crippen LogP contribution is 2.29. The molecule has 0 atom stereocenters. The number of aromatic nitrogens is 2. The second kappa shape index (κ2) is 4.78. The number of halogens is 1. The molecule has 8 heteroatoms. The van der Waals surface area contributed by atoms with Crippen molar-refractivity contribution in [2.24, 2.45) is 0 Å². The van der Waals surface area contributed by atoms with E-state index in [1.807, 2.05) is 0 Å². The van der Waals surface area contributed by atoms with Crippen LogP contribution in [0.15, 0.2) is 45.5 Å². The van der Waals surface area contributed by atoms with Gasteiger partial charge < -0.3 is 8.94 Å². The Balaban J connectivity index is 1.94. The van der Waals surface area contributed by atoms with Crippen molar-refractivity contribution in [2.45, 2.75) is 0 Å². The molecule has 2 heterocycles. The van der Waals surface area contributed by atoms with Crippen molar-refractivity contribution in [3.05, 3.63) is 51.7 Å². The maximum atomic E-state index is 10.6. The van der Waals surface area contributed by atoms with Crippen LogP contribution in [0.1, 0.15) is 0 Å². The summed E-state index contributed by atoms with van der Waals surface area (Å²) in [6.45, 7) is 0. The summed E-state index contributed by atoms with van der Waals surface area (Å²) in [5.41, 5.74) is 0.583. The van der Waals surface area contributed by atoms with Gasteiger partial charge in [0.1, 0.15) is 0 Å². The normalized spacial score (nSPS) is 10.7. The maximum absolute atomic E-state index is 10.6. The molecular formula is C12H6ClN3O4. The molecule has 0 amide bonds. The summed E-state index contributed by atoms with van der Waals surface area (Å²) in [7, 11) is 0. The maximum Gasteiger partial charge on any atom is 0.295 e. The van der Waals surface area contributed by atoms with Crippen molar-refractivity contribution in [3.8, 4) is 23.0 Å². The van der Waals surface area contributed by atoms with Crippen LogP contribution in [-0.2, 0) is 0 Å². The molecule has 0 N–H and O–H groups in total. The van der Waals surface area contributed by atoms with Gasteiger partial charge >= 0.3 is 0 Å². The Morgan fingerprint density at radius 1 is 1.20 bits per heavy atom. The SMILES string of the molecule is O=[N+]([O-])c1ccc(-c2noc(-c3occc3Cl)n2)cc1. The quantitative estimate of drug-likeness (QED) is 0.541. The van der Waals surface area contributed by atoms with Crippen LogP contribution in [0.2, 0.25) is 5.02 Å². The largest absolute Gasteiger partial charge is 0.458 e. The molecule has 7 nitrogen and oxygen atoms in total. The molecule has 0 radical (unpaired) electrons. The van der Waals surface area contributed by atoms with Crippen LogP contribution in [0, 0.1) is 10.1 Å². The van der Waals surface area contributed by atoms with Gasteiger partial charge in [0, 0.05) is 17.7 Å². The van der Waals surface area contributed by atoms with E-state index in [0.29, 0.717) is 16.4 Å². The zero-order chi connectivity index (χ0) is 14.1. The van der Waals surface area contributed by atoms with Crippen LogP contribution in [0.25, 0.3) is 23.0 Å². The molecule has 3 aromatic rings. The van der Waals surface area contributed by atoms with Crippen molar-refractivity contribution in [1.29, 1.82) is 0 Å². The molecule has 0 fully saturated rings. The van der Waals surface area contributed by atoms with E-state index in [4.69, 9.17) is 20.5 Å². The minimum absolute atomic E-state index is 0.00783. The third-order valence-electron chi connectivity index (χ3n) is 2.57. The highest BCUT2D eigenvalue weighted by atomic mass is 35.5. The Bertz CT molecular complexity index is 763. The minimum atomic E-state index is -0.478. The number of non-ortho nitro benzene ring substituents is 1. The van der Waals surface area contributed by atoms with E-state index in [-0.39, 0.29) is 17.3 Å². The van der Waals surface area contributed by atoms with Crippen LogP contribution in [0.4, 0.5) is 5.69 Å². The van der Waals surface area contributed by atoms with Crippen LogP contribution in [0.5, 0.6) is 0 Å². The van der Waals surface area contributed by atoms with E-state index in [0.717, 1.165) is 0 Å². The molecule has 0 saturated heterocycles. The van der Waals surface area contributed by atoms with Gasteiger partial charge in [-0.25, -0.2) is 0 Å². The summed E-state index contributed by atoms with van der Waals surface area (Å²) < 4.78 is 10.2. The van der Waals surface area contributed by atoms with E-state index >= 15 is 0 Å². The average Bonchev–Trinajstić information content (AvgIpc) is 3.07. The van der Waals surface area contributed by atoms with E-state index in [1.54, 1.807) is 6.07 Å². The monoisotopic (exact) mass is 291 g/mol. The van der Waals surface area contributed by atoms with Crippen LogP contribution < -0.4 is 0 Å². The first-order chi connectivity index (χ1) is 9.65. The number of hydrogen-bond donors (Lipinski definition) is 0. The zero-order valence-electron chi connectivity index (χ0n) is 9.82. The number of hydrogen-bond acceptors (Lipinski definition) is 6. The highest BCUT2D eigenvalue weighted by Gasteiger charge is 2.16. The van der Waals surface area contributed by atoms with Crippen molar-refractivity contribution < 1.29 is 13.9 Å². The van der Waals surface area contributed by atoms with Crippen LogP contribution in [-0.4, -0.2) is 15.1 Å². The minimum Gasteiger partial charge on any atom is -0.458 e.